The minimum atomic E-state index is 0.603. The van der Waals surface area contributed by atoms with Gasteiger partial charge >= 0.3 is 0 Å². The number of anilines is 1. The van der Waals surface area contributed by atoms with E-state index in [4.69, 9.17) is 10.5 Å². The lowest BCUT2D eigenvalue weighted by molar-refractivity contribution is 0.339. The largest absolute Gasteiger partial charge is 0.494 e. The molecule has 0 radical (unpaired) electrons. The summed E-state index contributed by atoms with van der Waals surface area (Å²) in [7, 11) is 0. The molecule has 0 aliphatic carbocycles. The number of thioether (sulfide) groups is 2. The van der Waals surface area contributed by atoms with Gasteiger partial charge in [0, 0.05) is 32.9 Å². The molecular formula is C17H19NOS2. The number of nitrogen functional groups attached to an aromatic ring is 1. The van der Waals surface area contributed by atoms with Crippen molar-refractivity contribution in [2.75, 3.05) is 23.8 Å². The highest BCUT2D eigenvalue weighted by Gasteiger charge is 2.22. The first-order chi connectivity index (χ1) is 10.3. The van der Waals surface area contributed by atoms with Crippen LogP contribution in [0.1, 0.15) is 18.4 Å². The van der Waals surface area contributed by atoms with Gasteiger partial charge in [0.25, 0.3) is 0 Å². The third-order valence-corrected chi connectivity index (χ3v) is 6.02. The summed E-state index contributed by atoms with van der Waals surface area (Å²) in [6.45, 7) is 2.68. The van der Waals surface area contributed by atoms with Gasteiger partial charge in [0.1, 0.15) is 5.75 Å². The predicted molar refractivity (Wildman–Crippen MR) is 92.7 cm³/mol. The van der Waals surface area contributed by atoms with Crippen molar-refractivity contribution >= 4 is 29.2 Å². The molecule has 4 heteroatoms. The zero-order chi connectivity index (χ0) is 14.7. The number of nitrogens with two attached hydrogens (primary N) is 1. The van der Waals surface area contributed by atoms with E-state index in [0.29, 0.717) is 12.5 Å². The maximum Gasteiger partial charge on any atom is 0.120 e. The van der Waals surface area contributed by atoms with Crippen LogP contribution in [0, 0.1) is 0 Å². The van der Waals surface area contributed by atoms with E-state index in [1.165, 1.54) is 10.5 Å². The van der Waals surface area contributed by atoms with Gasteiger partial charge in [-0.2, -0.15) is 0 Å². The Morgan fingerprint density at radius 2 is 2.14 bits per heavy atom. The molecule has 1 atom stereocenters. The van der Waals surface area contributed by atoms with Gasteiger partial charge in [-0.1, -0.05) is 18.2 Å². The second kappa shape index (κ2) is 6.67. The number of rotatable bonds is 5. The van der Waals surface area contributed by atoms with Crippen molar-refractivity contribution < 1.29 is 4.74 Å². The van der Waals surface area contributed by atoms with E-state index in [0.717, 1.165) is 27.8 Å². The Morgan fingerprint density at radius 1 is 1.29 bits per heavy atom. The molecule has 1 heterocycles. The lowest BCUT2D eigenvalue weighted by Crippen LogP contribution is -2.01. The number of hydrogen-bond donors (Lipinski definition) is 1. The van der Waals surface area contributed by atoms with Gasteiger partial charge < -0.3 is 10.5 Å². The van der Waals surface area contributed by atoms with Crippen molar-refractivity contribution in [3.8, 4) is 5.75 Å². The van der Waals surface area contributed by atoms with Gasteiger partial charge in [-0.05, 0) is 36.8 Å². The fraction of sp³-hybridized carbons (Fsp3) is 0.294. The third-order valence-electron chi connectivity index (χ3n) is 3.53. The minimum absolute atomic E-state index is 0.603. The van der Waals surface area contributed by atoms with Crippen LogP contribution in [0.2, 0.25) is 0 Å². The Hall–Kier alpha value is -1.26. The first-order valence-corrected chi connectivity index (χ1v) is 9.12. The number of fused-ring (bicyclic) bond motifs is 1. The molecule has 1 unspecified atom stereocenters. The Balaban J connectivity index is 1.70. The molecule has 110 valence electrons. The Bertz CT molecular complexity index is 630. The van der Waals surface area contributed by atoms with Gasteiger partial charge in [0.2, 0.25) is 0 Å². The first kappa shape index (κ1) is 14.7. The molecule has 2 N–H and O–H groups in total. The predicted octanol–water partition coefficient (Wildman–Crippen LogP) is 4.65. The molecule has 2 aromatic carbocycles. The molecule has 21 heavy (non-hydrogen) atoms. The minimum Gasteiger partial charge on any atom is -0.494 e. The van der Waals surface area contributed by atoms with Crippen LogP contribution in [0.3, 0.4) is 0 Å². The summed E-state index contributed by atoms with van der Waals surface area (Å²) < 4.78 is 5.56. The lowest BCUT2D eigenvalue weighted by Gasteiger charge is -2.13. The van der Waals surface area contributed by atoms with E-state index >= 15 is 0 Å². The summed E-state index contributed by atoms with van der Waals surface area (Å²) in [5.41, 5.74) is 8.40. The Morgan fingerprint density at radius 3 is 3.00 bits per heavy atom. The average molecular weight is 317 g/mol. The standard InChI is InChI=1S/C17H19NOS2/c1-2-19-13-7-8-15(18)17(9-13)21-11-12-10-20-16-6-4-3-5-14(12)16/h3-9,12H,2,10-11,18H2,1H3. The fourth-order valence-electron chi connectivity index (χ4n) is 2.45. The van der Waals surface area contributed by atoms with Gasteiger partial charge in [-0.25, -0.2) is 0 Å². The van der Waals surface area contributed by atoms with Crippen LogP contribution >= 0.6 is 23.5 Å². The Kier molecular flexibility index (Phi) is 4.66. The van der Waals surface area contributed by atoms with Crippen molar-refractivity contribution in [2.45, 2.75) is 22.6 Å². The Labute approximate surface area is 134 Å². The van der Waals surface area contributed by atoms with Crippen LogP contribution < -0.4 is 10.5 Å². The molecule has 0 saturated carbocycles. The number of hydrogen-bond acceptors (Lipinski definition) is 4. The summed E-state index contributed by atoms with van der Waals surface area (Å²) in [6.07, 6.45) is 0. The maximum absolute atomic E-state index is 6.08. The van der Waals surface area contributed by atoms with Crippen LogP contribution in [-0.4, -0.2) is 18.1 Å². The van der Waals surface area contributed by atoms with Gasteiger partial charge in [-0.3, -0.25) is 0 Å². The summed E-state index contributed by atoms with van der Waals surface area (Å²) >= 11 is 3.79. The molecule has 0 saturated heterocycles. The molecule has 1 aliphatic heterocycles. The van der Waals surface area contributed by atoms with Gasteiger partial charge in [-0.15, -0.1) is 23.5 Å². The second-order valence-corrected chi connectivity index (χ2v) is 7.11. The fourth-order valence-corrected chi connectivity index (χ4v) is 4.97. The van der Waals surface area contributed by atoms with Crippen LogP contribution in [0.4, 0.5) is 5.69 Å². The molecule has 0 spiro atoms. The van der Waals surface area contributed by atoms with Crippen LogP contribution in [0.15, 0.2) is 52.3 Å². The van der Waals surface area contributed by atoms with Crippen molar-refractivity contribution in [1.82, 2.24) is 0 Å². The molecule has 0 amide bonds. The molecule has 0 aromatic heterocycles. The van der Waals surface area contributed by atoms with Crippen LogP contribution in [0.25, 0.3) is 0 Å². The van der Waals surface area contributed by atoms with E-state index < -0.39 is 0 Å². The smallest absolute Gasteiger partial charge is 0.120 e. The van der Waals surface area contributed by atoms with Crippen molar-refractivity contribution in [2.24, 2.45) is 0 Å². The number of benzene rings is 2. The average Bonchev–Trinajstić information content (AvgIpc) is 2.91. The highest BCUT2D eigenvalue weighted by molar-refractivity contribution is 8.00. The van der Waals surface area contributed by atoms with E-state index in [-0.39, 0.29) is 0 Å². The second-order valence-electron chi connectivity index (χ2n) is 4.99. The van der Waals surface area contributed by atoms with E-state index in [2.05, 4.69) is 30.3 Å². The highest BCUT2D eigenvalue weighted by atomic mass is 32.2. The molecule has 0 fully saturated rings. The summed E-state index contributed by atoms with van der Waals surface area (Å²) in [6, 6.07) is 14.6. The van der Waals surface area contributed by atoms with Crippen molar-refractivity contribution in [3.05, 3.63) is 48.0 Å². The zero-order valence-corrected chi connectivity index (χ0v) is 13.7. The monoisotopic (exact) mass is 317 g/mol. The molecule has 3 rings (SSSR count). The lowest BCUT2D eigenvalue weighted by atomic mass is 10.0. The SMILES string of the molecule is CCOc1ccc(N)c(SCC2CSc3ccccc32)c1. The molecule has 2 aromatic rings. The van der Waals surface area contributed by atoms with Gasteiger partial charge in [0.15, 0.2) is 0 Å². The van der Waals surface area contributed by atoms with Crippen molar-refractivity contribution in [3.63, 3.8) is 0 Å². The molecular weight excluding hydrogens is 298 g/mol. The highest BCUT2D eigenvalue weighted by Crippen LogP contribution is 2.42. The summed E-state index contributed by atoms with van der Waals surface area (Å²) in [4.78, 5) is 2.55. The van der Waals surface area contributed by atoms with Crippen LogP contribution in [-0.2, 0) is 0 Å². The van der Waals surface area contributed by atoms with Crippen LogP contribution in [0.5, 0.6) is 5.75 Å². The normalized spacial score (nSPS) is 16.7. The maximum atomic E-state index is 6.08. The molecule has 0 bridgehead atoms. The zero-order valence-electron chi connectivity index (χ0n) is 12.0. The summed E-state index contributed by atoms with van der Waals surface area (Å²) in [5, 5.41) is 0. The quantitative estimate of drug-likeness (QED) is 0.643. The third kappa shape index (κ3) is 3.33. The van der Waals surface area contributed by atoms with Gasteiger partial charge in [0.05, 0.1) is 6.61 Å². The summed E-state index contributed by atoms with van der Waals surface area (Å²) in [5.74, 6) is 3.73. The van der Waals surface area contributed by atoms with E-state index in [1.54, 1.807) is 0 Å². The number of ether oxygens (including phenoxy) is 1. The van der Waals surface area contributed by atoms with E-state index in [9.17, 15) is 0 Å². The topological polar surface area (TPSA) is 35.2 Å². The van der Waals surface area contributed by atoms with Crippen molar-refractivity contribution in [1.29, 1.82) is 0 Å². The molecule has 1 aliphatic rings. The molecule has 2 nitrogen and oxygen atoms in total. The first-order valence-electron chi connectivity index (χ1n) is 7.14. The van der Waals surface area contributed by atoms with E-state index in [1.807, 2.05) is 42.6 Å².